The Balaban J connectivity index is 1.95. The van der Waals surface area contributed by atoms with Crippen LogP contribution >= 0.6 is 0 Å². The minimum Gasteiger partial charge on any atom is -0.340 e. The summed E-state index contributed by atoms with van der Waals surface area (Å²) in [6.45, 7) is 5.23. The number of amides is 2. The molecular formula is C14H18FN3O2. The fraction of sp³-hybridized carbons (Fsp3) is 0.429. The first-order valence-corrected chi connectivity index (χ1v) is 6.56. The van der Waals surface area contributed by atoms with E-state index in [1.54, 1.807) is 11.8 Å². The van der Waals surface area contributed by atoms with E-state index in [9.17, 15) is 14.0 Å². The van der Waals surface area contributed by atoms with Gasteiger partial charge in [-0.3, -0.25) is 15.0 Å². The van der Waals surface area contributed by atoms with Gasteiger partial charge in [-0.05, 0) is 31.2 Å². The van der Waals surface area contributed by atoms with Crippen LogP contribution in [0.4, 0.5) is 4.39 Å². The van der Waals surface area contributed by atoms with Crippen molar-refractivity contribution >= 4 is 11.8 Å². The van der Waals surface area contributed by atoms with Gasteiger partial charge in [0.2, 0.25) is 5.91 Å². The molecule has 2 amide bonds. The van der Waals surface area contributed by atoms with Gasteiger partial charge >= 0.3 is 0 Å². The Kier molecular flexibility index (Phi) is 4.34. The van der Waals surface area contributed by atoms with E-state index < -0.39 is 0 Å². The van der Waals surface area contributed by atoms with Gasteiger partial charge in [-0.2, -0.15) is 0 Å². The zero-order valence-electron chi connectivity index (χ0n) is 11.6. The molecule has 0 bridgehead atoms. The van der Waals surface area contributed by atoms with Crippen molar-refractivity contribution in [2.75, 3.05) is 19.6 Å². The number of hydrogen-bond donors (Lipinski definition) is 1. The number of carbonyl (C=O) groups is 2. The smallest absolute Gasteiger partial charge is 0.265 e. The fourth-order valence-electron chi connectivity index (χ4n) is 2.21. The summed E-state index contributed by atoms with van der Waals surface area (Å²) in [6.07, 6.45) is 0. The second-order valence-electron chi connectivity index (χ2n) is 4.96. The van der Waals surface area contributed by atoms with Crippen LogP contribution in [0, 0.1) is 5.82 Å². The van der Waals surface area contributed by atoms with E-state index in [-0.39, 0.29) is 23.7 Å². The van der Waals surface area contributed by atoms with Crippen molar-refractivity contribution in [2.45, 2.75) is 19.9 Å². The molecule has 0 radical (unpaired) electrons. The first kappa shape index (κ1) is 14.5. The molecule has 1 aliphatic heterocycles. The molecule has 20 heavy (non-hydrogen) atoms. The average Bonchev–Trinajstić information content (AvgIpc) is 2.41. The number of rotatable bonds is 2. The highest BCUT2D eigenvalue weighted by Gasteiger charge is 2.26. The molecule has 0 aliphatic carbocycles. The van der Waals surface area contributed by atoms with Crippen LogP contribution in [0.1, 0.15) is 24.2 Å². The lowest BCUT2D eigenvalue weighted by atomic mass is 10.2. The molecule has 1 aromatic carbocycles. The summed E-state index contributed by atoms with van der Waals surface area (Å²) < 4.78 is 12.8. The standard InChI is InChI=1S/C14H18FN3O2/c1-10-9-17(11(2)19)7-8-18(10)16-14(20)12-3-5-13(15)6-4-12/h3-6,10H,7-9H2,1-2H3,(H,16,20). The molecule has 0 spiro atoms. The quantitative estimate of drug-likeness (QED) is 0.879. The number of halogens is 1. The zero-order valence-corrected chi connectivity index (χ0v) is 11.6. The molecule has 1 N–H and O–H groups in total. The van der Waals surface area contributed by atoms with Crippen molar-refractivity contribution in [3.05, 3.63) is 35.6 Å². The van der Waals surface area contributed by atoms with Gasteiger partial charge in [-0.15, -0.1) is 0 Å². The van der Waals surface area contributed by atoms with Crippen molar-refractivity contribution in [1.82, 2.24) is 15.3 Å². The number of carbonyl (C=O) groups excluding carboxylic acids is 2. The highest BCUT2D eigenvalue weighted by atomic mass is 19.1. The highest BCUT2D eigenvalue weighted by Crippen LogP contribution is 2.09. The maximum Gasteiger partial charge on any atom is 0.265 e. The second-order valence-corrected chi connectivity index (χ2v) is 4.96. The molecule has 6 heteroatoms. The van der Waals surface area contributed by atoms with Gasteiger partial charge in [0.05, 0.1) is 0 Å². The van der Waals surface area contributed by atoms with E-state index in [0.29, 0.717) is 25.2 Å². The molecule has 1 aliphatic rings. The average molecular weight is 279 g/mol. The molecule has 1 unspecified atom stereocenters. The van der Waals surface area contributed by atoms with Crippen LogP contribution in [-0.2, 0) is 4.79 Å². The van der Waals surface area contributed by atoms with Gasteiger partial charge in [0.25, 0.3) is 5.91 Å². The van der Waals surface area contributed by atoms with Gasteiger partial charge < -0.3 is 4.90 Å². The molecule has 5 nitrogen and oxygen atoms in total. The van der Waals surface area contributed by atoms with E-state index in [1.165, 1.54) is 24.3 Å². The number of piperazine rings is 1. The Morgan fingerprint density at radius 3 is 2.45 bits per heavy atom. The Hall–Kier alpha value is -1.95. The Morgan fingerprint density at radius 1 is 1.25 bits per heavy atom. The first-order valence-electron chi connectivity index (χ1n) is 6.56. The molecule has 1 aromatic rings. The van der Waals surface area contributed by atoms with Crippen LogP contribution in [0.2, 0.25) is 0 Å². The molecule has 108 valence electrons. The predicted octanol–water partition coefficient (Wildman–Crippen LogP) is 1.02. The van der Waals surface area contributed by atoms with Crippen LogP contribution in [-0.4, -0.2) is 47.4 Å². The molecule has 1 fully saturated rings. The van der Waals surface area contributed by atoms with Crippen molar-refractivity contribution < 1.29 is 14.0 Å². The van der Waals surface area contributed by atoms with Gasteiger partial charge in [-0.25, -0.2) is 9.40 Å². The number of nitrogens with one attached hydrogen (secondary N) is 1. The van der Waals surface area contributed by atoms with E-state index in [1.807, 2.05) is 11.9 Å². The summed E-state index contributed by atoms with van der Waals surface area (Å²) >= 11 is 0. The predicted molar refractivity (Wildman–Crippen MR) is 72.3 cm³/mol. The minimum absolute atomic E-state index is 0.0389. The normalized spacial score (nSPS) is 19.8. The SMILES string of the molecule is CC(=O)N1CCN(NC(=O)c2ccc(F)cc2)C(C)C1. The van der Waals surface area contributed by atoms with E-state index in [4.69, 9.17) is 0 Å². The fourth-order valence-corrected chi connectivity index (χ4v) is 2.21. The second kappa shape index (κ2) is 6.00. The van der Waals surface area contributed by atoms with Crippen LogP contribution in [0.15, 0.2) is 24.3 Å². The first-order chi connectivity index (χ1) is 9.47. The molecule has 1 heterocycles. The number of nitrogens with zero attached hydrogens (tertiary/aromatic N) is 2. The van der Waals surface area contributed by atoms with Crippen LogP contribution in [0.25, 0.3) is 0 Å². The lowest BCUT2D eigenvalue weighted by Crippen LogP contribution is -2.59. The summed E-state index contributed by atoms with van der Waals surface area (Å²) in [5.41, 5.74) is 3.21. The third-order valence-electron chi connectivity index (χ3n) is 3.42. The monoisotopic (exact) mass is 279 g/mol. The van der Waals surface area contributed by atoms with Crippen molar-refractivity contribution in [3.8, 4) is 0 Å². The third-order valence-corrected chi connectivity index (χ3v) is 3.42. The summed E-state index contributed by atoms with van der Waals surface area (Å²) in [6, 6.07) is 5.44. The number of hydrazine groups is 1. The summed E-state index contributed by atoms with van der Waals surface area (Å²) in [4.78, 5) is 25.1. The zero-order chi connectivity index (χ0) is 14.7. The van der Waals surface area contributed by atoms with Crippen molar-refractivity contribution in [2.24, 2.45) is 0 Å². The largest absolute Gasteiger partial charge is 0.340 e. The van der Waals surface area contributed by atoms with Crippen LogP contribution in [0.5, 0.6) is 0 Å². The Bertz CT molecular complexity index is 504. The molecule has 1 saturated heterocycles. The summed E-state index contributed by atoms with van der Waals surface area (Å²) in [5, 5.41) is 1.81. The molecule has 0 saturated carbocycles. The highest BCUT2D eigenvalue weighted by molar-refractivity contribution is 5.93. The van der Waals surface area contributed by atoms with Gasteiger partial charge in [0.15, 0.2) is 0 Å². The Labute approximate surface area is 117 Å². The Morgan fingerprint density at radius 2 is 1.90 bits per heavy atom. The van der Waals surface area contributed by atoms with E-state index in [0.717, 1.165) is 0 Å². The maximum absolute atomic E-state index is 12.8. The molecular weight excluding hydrogens is 261 g/mol. The lowest BCUT2D eigenvalue weighted by molar-refractivity contribution is -0.132. The van der Waals surface area contributed by atoms with E-state index >= 15 is 0 Å². The van der Waals surface area contributed by atoms with Gasteiger partial charge in [0, 0.05) is 38.2 Å². The molecule has 2 rings (SSSR count). The van der Waals surface area contributed by atoms with Crippen LogP contribution < -0.4 is 5.43 Å². The van der Waals surface area contributed by atoms with Crippen molar-refractivity contribution in [1.29, 1.82) is 0 Å². The van der Waals surface area contributed by atoms with Crippen LogP contribution in [0.3, 0.4) is 0 Å². The van der Waals surface area contributed by atoms with Gasteiger partial charge in [-0.1, -0.05) is 0 Å². The van der Waals surface area contributed by atoms with Gasteiger partial charge in [0.1, 0.15) is 5.82 Å². The summed E-state index contributed by atoms with van der Waals surface area (Å²) in [7, 11) is 0. The summed E-state index contributed by atoms with van der Waals surface area (Å²) in [5.74, 6) is -0.598. The molecule has 1 atom stereocenters. The van der Waals surface area contributed by atoms with Crippen molar-refractivity contribution in [3.63, 3.8) is 0 Å². The number of benzene rings is 1. The minimum atomic E-state index is -0.370. The topological polar surface area (TPSA) is 52.7 Å². The lowest BCUT2D eigenvalue weighted by Gasteiger charge is -2.39. The maximum atomic E-state index is 12.8. The van der Waals surface area contributed by atoms with E-state index in [2.05, 4.69) is 5.43 Å². The third kappa shape index (κ3) is 3.33. The molecule has 0 aromatic heterocycles. The number of hydrogen-bond acceptors (Lipinski definition) is 3.